The van der Waals surface area contributed by atoms with Crippen LogP contribution in [-0.4, -0.2) is 37.7 Å². The molecule has 134 valence electrons. The molecule has 0 saturated carbocycles. The second kappa shape index (κ2) is 6.68. The summed E-state index contributed by atoms with van der Waals surface area (Å²) in [6, 6.07) is 18.2. The molecule has 1 amide bonds. The number of fused-ring (bicyclic) bond motifs is 1. The van der Waals surface area contributed by atoms with Crippen LogP contribution in [0.25, 0.3) is 0 Å². The number of ether oxygens (including phenoxy) is 1. The Morgan fingerprint density at radius 3 is 2.12 bits per heavy atom. The molecule has 4 rings (SSSR count). The zero-order chi connectivity index (χ0) is 18.3. The van der Waals surface area contributed by atoms with E-state index in [2.05, 4.69) is 0 Å². The third-order valence-electron chi connectivity index (χ3n) is 5.01. The summed E-state index contributed by atoms with van der Waals surface area (Å²) in [6.07, 6.45) is -0.317. The van der Waals surface area contributed by atoms with Gasteiger partial charge in [0.25, 0.3) is 0 Å². The number of carbonyl (C=O) groups is 2. The lowest BCUT2D eigenvalue weighted by Crippen LogP contribution is -2.56. The number of amides is 1. The topological polar surface area (TPSA) is 63.7 Å². The van der Waals surface area contributed by atoms with Crippen LogP contribution in [0.1, 0.15) is 30.6 Å². The van der Waals surface area contributed by atoms with E-state index in [1.165, 1.54) is 4.90 Å². The van der Waals surface area contributed by atoms with Crippen molar-refractivity contribution in [3.8, 4) is 0 Å². The molecular formula is C20H19NO4S. The summed E-state index contributed by atoms with van der Waals surface area (Å²) in [7, 11) is -1.23. The third-order valence-corrected chi connectivity index (χ3v) is 6.93. The molecule has 4 atom stereocenters. The molecule has 2 saturated heterocycles. The third kappa shape index (κ3) is 2.74. The number of benzene rings is 2. The number of esters is 1. The molecule has 0 radical (unpaired) electrons. The van der Waals surface area contributed by atoms with Gasteiger partial charge in [-0.3, -0.25) is 9.00 Å². The maximum atomic E-state index is 12.9. The van der Waals surface area contributed by atoms with Crippen LogP contribution in [0, 0.1) is 0 Å². The van der Waals surface area contributed by atoms with Gasteiger partial charge in [-0.25, -0.2) is 4.79 Å². The van der Waals surface area contributed by atoms with Crippen molar-refractivity contribution in [1.82, 2.24) is 4.90 Å². The van der Waals surface area contributed by atoms with E-state index in [9.17, 15) is 13.8 Å². The van der Waals surface area contributed by atoms with Crippen molar-refractivity contribution in [3.63, 3.8) is 0 Å². The first-order valence-corrected chi connectivity index (χ1v) is 9.86. The van der Waals surface area contributed by atoms with Crippen LogP contribution in [0.2, 0.25) is 0 Å². The van der Waals surface area contributed by atoms with Crippen LogP contribution in [0.15, 0.2) is 60.7 Å². The zero-order valence-corrected chi connectivity index (χ0v) is 15.1. The molecule has 6 heteroatoms. The molecule has 2 heterocycles. The van der Waals surface area contributed by atoms with Gasteiger partial charge < -0.3 is 9.64 Å². The summed E-state index contributed by atoms with van der Waals surface area (Å²) < 4.78 is 18.2. The van der Waals surface area contributed by atoms with Gasteiger partial charge in [-0.2, -0.15) is 0 Å². The summed E-state index contributed by atoms with van der Waals surface area (Å²) in [5.41, 5.74) is 1.70. The summed E-state index contributed by atoms with van der Waals surface area (Å²) in [5.74, 6) is -0.635. The Morgan fingerprint density at radius 1 is 1.08 bits per heavy atom. The van der Waals surface area contributed by atoms with E-state index in [0.717, 1.165) is 11.1 Å². The summed E-state index contributed by atoms with van der Waals surface area (Å²) in [4.78, 5) is 26.3. The van der Waals surface area contributed by atoms with Gasteiger partial charge in [-0.1, -0.05) is 60.7 Å². The first kappa shape index (κ1) is 17.0. The fraction of sp³-hybridized carbons (Fsp3) is 0.300. The highest BCUT2D eigenvalue weighted by Crippen LogP contribution is 2.38. The molecule has 2 fully saturated rings. The normalized spacial score (nSPS) is 27.2. The molecule has 0 spiro atoms. The number of hydrogen-bond donors (Lipinski definition) is 0. The Labute approximate surface area is 154 Å². The lowest BCUT2D eigenvalue weighted by Gasteiger charge is -2.36. The summed E-state index contributed by atoms with van der Waals surface area (Å²) >= 11 is 0. The molecule has 0 aromatic heterocycles. The maximum absolute atomic E-state index is 12.9. The Morgan fingerprint density at radius 2 is 1.62 bits per heavy atom. The van der Waals surface area contributed by atoms with Crippen molar-refractivity contribution in [3.05, 3.63) is 71.8 Å². The molecule has 5 nitrogen and oxygen atoms in total. The van der Waals surface area contributed by atoms with Crippen LogP contribution >= 0.6 is 0 Å². The first-order chi connectivity index (χ1) is 12.6. The van der Waals surface area contributed by atoms with Gasteiger partial charge in [-0.15, -0.1) is 0 Å². The monoisotopic (exact) mass is 369 g/mol. The molecule has 0 N–H and O–H groups in total. The first-order valence-electron chi connectivity index (χ1n) is 8.59. The molecule has 0 aliphatic carbocycles. The van der Waals surface area contributed by atoms with E-state index < -0.39 is 34.2 Å². The van der Waals surface area contributed by atoms with Gasteiger partial charge in [0.2, 0.25) is 5.91 Å². The highest BCUT2D eigenvalue weighted by Gasteiger charge is 2.58. The van der Waals surface area contributed by atoms with Crippen molar-refractivity contribution in [2.45, 2.75) is 36.1 Å². The average Bonchev–Trinajstić information content (AvgIpc) is 2.88. The predicted octanol–water partition coefficient (Wildman–Crippen LogP) is 2.40. The standard InChI is InChI=1S/C20H19NO4S/c1-13-18(21-16(22)12-17(21)26(13)24)20(23)25-19(14-8-4-2-5-9-14)15-10-6-3-7-11-15/h2-11,13,17-19H,12H2,1H3. The fourth-order valence-electron chi connectivity index (χ4n) is 3.61. The zero-order valence-electron chi connectivity index (χ0n) is 14.3. The predicted molar refractivity (Wildman–Crippen MR) is 97.5 cm³/mol. The van der Waals surface area contributed by atoms with E-state index in [1.807, 2.05) is 60.7 Å². The number of carbonyl (C=O) groups excluding carboxylic acids is 2. The smallest absolute Gasteiger partial charge is 0.331 e. The molecule has 0 bridgehead atoms. The van der Waals surface area contributed by atoms with E-state index >= 15 is 0 Å². The molecule has 2 aromatic rings. The maximum Gasteiger partial charge on any atom is 0.331 e. The van der Waals surface area contributed by atoms with Crippen molar-refractivity contribution in [1.29, 1.82) is 0 Å². The number of hydrogen-bond acceptors (Lipinski definition) is 4. The van der Waals surface area contributed by atoms with Crippen molar-refractivity contribution >= 4 is 22.7 Å². The Kier molecular flexibility index (Phi) is 4.36. The average molecular weight is 369 g/mol. The Bertz CT molecular complexity index is 815. The number of nitrogens with zero attached hydrogens (tertiary/aromatic N) is 1. The molecule has 4 unspecified atom stereocenters. The lowest BCUT2D eigenvalue weighted by atomic mass is 10.0. The van der Waals surface area contributed by atoms with Crippen LogP contribution in [0.4, 0.5) is 0 Å². The van der Waals surface area contributed by atoms with Gasteiger partial charge in [0, 0.05) is 0 Å². The van der Waals surface area contributed by atoms with Gasteiger partial charge >= 0.3 is 5.97 Å². The van der Waals surface area contributed by atoms with Crippen LogP contribution < -0.4 is 0 Å². The molecular weight excluding hydrogens is 350 g/mol. The second-order valence-corrected chi connectivity index (χ2v) is 8.52. The van der Waals surface area contributed by atoms with E-state index in [1.54, 1.807) is 6.92 Å². The Hall–Kier alpha value is -2.47. The quantitative estimate of drug-likeness (QED) is 0.613. The van der Waals surface area contributed by atoms with Crippen molar-refractivity contribution < 1.29 is 18.5 Å². The van der Waals surface area contributed by atoms with Crippen molar-refractivity contribution in [2.24, 2.45) is 0 Å². The van der Waals surface area contributed by atoms with E-state index in [4.69, 9.17) is 4.74 Å². The van der Waals surface area contributed by atoms with E-state index in [0.29, 0.717) is 0 Å². The van der Waals surface area contributed by atoms with Crippen molar-refractivity contribution in [2.75, 3.05) is 0 Å². The van der Waals surface area contributed by atoms with E-state index in [-0.39, 0.29) is 17.7 Å². The highest BCUT2D eigenvalue weighted by molar-refractivity contribution is 7.86. The summed E-state index contributed by atoms with van der Waals surface area (Å²) in [5, 5.41) is -0.770. The van der Waals surface area contributed by atoms with Crippen LogP contribution in [0.3, 0.4) is 0 Å². The van der Waals surface area contributed by atoms with Gasteiger partial charge in [0.1, 0.15) is 11.4 Å². The molecule has 2 aromatic carbocycles. The molecule has 2 aliphatic rings. The molecule has 2 aliphatic heterocycles. The summed E-state index contributed by atoms with van der Waals surface area (Å²) in [6.45, 7) is 1.74. The minimum Gasteiger partial charge on any atom is -0.451 e. The second-order valence-electron chi connectivity index (χ2n) is 6.58. The minimum atomic E-state index is -1.23. The van der Waals surface area contributed by atoms with Gasteiger partial charge in [0.05, 0.1) is 22.5 Å². The largest absolute Gasteiger partial charge is 0.451 e. The fourth-order valence-corrected chi connectivity index (χ4v) is 5.38. The Balaban J connectivity index is 1.63. The van der Waals surface area contributed by atoms with Crippen LogP contribution in [-0.2, 0) is 25.1 Å². The number of rotatable bonds is 4. The van der Waals surface area contributed by atoms with Gasteiger partial charge in [-0.05, 0) is 18.1 Å². The molecule has 26 heavy (non-hydrogen) atoms. The van der Waals surface area contributed by atoms with Gasteiger partial charge in [0.15, 0.2) is 6.10 Å². The minimum absolute atomic E-state index is 0.134. The van der Waals surface area contributed by atoms with Crippen LogP contribution in [0.5, 0.6) is 0 Å². The lowest BCUT2D eigenvalue weighted by molar-refractivity contribution is -0.162. The number of β-lactam (4-membered cyclic amide) rings is 1. The SMILES string of the molecule is CC1C(C(=O)OC(c2ccccc2)c2ccccc2)N2C(=O)CC2S1=O. The highest BCUT2D eigenvalue weighted by atomic mass is 32.2.